The van der Waals surface area contributed by atoms with Gasteiger partial charge < -0.3 is 10.8 Å². The van der Waals surface area contributed by atoms with Gasteiger partial charge in [0.25, 0.3) is 0 Å². The van der Waals surface area contributed by atoms with Crippen LogP contribution >= 0.6 is 11.6 Å². The van der Waals surface area contributed by atoms with Gasteiger partial charge in [0.05, 0.1) is 11.6 Å². The van der Waals surface area contributed by atoms with Crippen LogP contribution in [0.4, 0.5) is 5.69 Å². The normalized spacial score (nSPS) is 21.3. The fourth-order valence-electron chi connectivity index (χ4n) is 2.16. The van der Waals surface area contributed by atoms with Gasteiger partial charge in [0.1, 0.15) is 4.90 Å². The van der Waals surface area contributed by atoms with Crippen LogP contribution in [0.15, 0.2) is 23.1 Å². The minimum atomic E-state index is -3.66. The molecule has 1 atom stereocenters. The lowest BCUT2D eigenvalue weighted by Crippen LogP contribution is -2.37. The predicted molar refractivity (Wildman–Crippen MR) is 69.9 cm³/mol. The summed E-state index contributed by atoms with van der Waals surface area (Å²) in [6.07, 6.45) is 1.42. The first kappa shape index (κ1) is 13.6. The maximum Gasteiger partial charge on any atom is 0.244 e. The van der Waals surface area contributed by atoms with Crippen LogP contribution in [0.3, 0.4) is 0 Å². The number of anilines is 1. The third-order valence-electron chi connectivity index (χ3n) is 3.08. The van der Waals surface area contributed by atoms with E-state index in [9.17, 15) is 13.5 Å². The Balaban J connectivity index is 2.42. The van der Waals surface area contributed by atoms with E-state index in [4.69, 9.17) is 17.3 Å². The number of sulfonamides is 1. The Morgan fingerprint density at radius 3 is 2.83 bits per heavy atom. The molecule has 2 rings (SSSR count). The molecule has 0 aliphatic carbocycles. The van der Waals surface area contributed by atoms with E-state index >= 15 is 0 Å². The molecule has 1 heterocycles. The van der Waals surface area contributed by atoms with E-state index in [1.54, 1.807) is 0 Å². The van der Waals surface area contributed by atoms with Gasteiger partial charge >= 0.3 is 0 Å². The molecule has 3 N–H and O–H groups in total. The molecule has 1 aliphatic heterocycles. The standard InChI is InChI=1S/C11H15ClN2O3S/c12-10-6-8(13)3-4-11(10)18(16,17)14-5-1-2-9(14)7-15/h3-4,6,9,15H,1-2,5,7,13H2. The zero-order chi connectivity index (χ0) is 13.3. The number of benzene rings is 1. The van der Waals surface area contributed by atoms with Crippen LogP contribution in [0.5, 0.6) is 0 Å². The van der Waals surface area contributed by atoms with Gasteiger partial charge in [-0.1, -0.05) is 11.6 Å². The lowest BCUT2D eigenvalue weighted by molar-refractivity contribution is 0.213. The average molecular weight is 291 g/mol. The number of aliphatic hydroxyl groups is 1. The molecule has 1 aliphatic rings. The Kier molecular flexibility index (Phi) is 3.82. The summed E-state index contributed by atoms with van der Waals surface area (Å²) >= 11 is 5.94. The molecule has 1 aromatic rings. The second-order valence-electron chi connectivity index (χ2n) is 4.28. The predicted octanol–water partition coefficient (Wildman–Crippen LogP) is 1.07. The average Bonchev–Trinajstić information content (AvgIpc) is 2.76. The van der Waals surface area contributed by atoms with E-state index in [1.165, 1.54) is 22.5 Å². The summed E-state index contributed by atoms with van der Waals surface area (Å²) in [5, 5.41) is 9.31. The third kappa shape index (κ3) is 2.33. The zero-order valence-electron chi connectivity index (χ0n) is 9.71. The molecule has 100 valence electrons. The number of hydrogen-bond acceptors (Lipinski definition) is 4. The van der Waals surface area contributed by atoms with E-state index in [0.717, 1.165) is 6.42 Å². The van der Waals surface area contributed by atoms with Crippen LogP contribution in [-0.2, 0) is 10.0 Å². The molecule has 0 spiro atoms. The molecule has 1 fully saturated rings. The summed E-state index contributed by atoms with van der Waals surface area (Å²) < 4.78 is 26.2. The van der Waals surface area contributed by atoms with Gasteiger partial charge in [0.15, 0.2) is 0 Å². The summed E-state index contributed by atoms with van der Waals surface area (Å²) in [6, 6.07) is 3.96. The molecule has 0 saturated carbocycles. The molecular weight excluding hydrogens is 276 g/mol. The number of aliphatic hydroxyl groups excluding tert-OH is 1. The molecule has 0 bridgehead atoms. The molecule has 1 aromatic carbocycles. The van der Waals surface area contributed by atoms with E-state index < -0.39 is 10.0 Å². The largest absolute Gasteiger partial charge is 0.399 e. The number of nitrogens with two attached hydrogens (primary N) is 1. The molecule has 5 nitrogen and oxygen atoms in total. The number of hydrogen-bond donors (Lipinski definition) is 2. The van der Waals surface area contributed by atoms with Crippen molar-refractivity contribution in [2.45, 2.75) is 23.8 Å². The summed E-state index contributed by atoms with van der Waals surface area (Å²) in [4.78, 5) is 0.0405. The monoisotopic (exact) mass is 290 g/mol. The number of halogens is 1. The van der Waals surface area contributed by atoms with Crippen molar-refractivity contribution in [3.8, 4) is 0 Å². The van der Waals surface area contributed by atoms with Crippen molar-refractivity contribution in [2.24, 2.45) is 0 Å². The first-order valence-electron chi connectivity index (χ1n) is 5.64. The lowest BCUT2D eigenvalue weighted by atomic mass is 10.2. The minimum absolute atomic E-state index is 0.0405. The Hall–Kier alpha value is -0.820. The molecule has 0 aromatic heterocycles. The van der Waals surface area contributed by atoms with Gasteiger partial charge in [-0.15, -0.1) is 0 Å². The van der Waals surface area contributed by atoms with Crippen LogP contribution in [-0.4, -0.2) is 37.0 Å². The van der Waals surface area contributed by atoms with Gasteiger partial charge in [-0.2, -0.15) is 4.31 Å². The SMILES string of the molecule is Nc1ccc(S(=O)(=O)N2CCCC2CO)c(Cl)c1. The van der Waals surface area contributed by atoms with Crippen molar-refractivity contribution in [2.75, 3.05) is 18.9 Å². The molecular formula is C11H15ClN2O3S. The first-order valence-corrected chi connectivity index (χ1v) is 7.46. The Labute approximate surface area is 111 Å². The second-order valence-corrected chi connectivity index (χ2v) is 6.55. The lowest BCUT2D eigenvalue weighted by Gasteiger charge is -2.22. The molecule has 1 saturated heterocycles. The van der Waals surface area contributed by atoms with Crippen molar-refractivity contribution in [1.29, 1.82) is 0 Å². The maximum atomic E-state index is 12.4. The summed E-state index contributed by atoms with van der Waals surface area (Å²) in [6.45, 7) is 0.236. The fraction of sp³-hybridized carbons (Fsp3) is 0.455. The highest BCUT2D eigenvalue weighted by molar-refractivity contribution is 7.89. The van der Waals surface area contributed by atoms with Crippen LogP contribution in [0, 0.1) is 0 Å². The van der Waals surface area contributed by atoms with Crippen molar-refractivity contribution in [3.63, 3.8) is 0 Å². The summed E-state index contributed by atoms with van der Waals surface area (Å²) in [7, 11) is -3.66. The van der Waals surface area contributed by atoms with Crippen molar-refractivity contribution < 1.29 is 13.5 Å². The second kappa shape index (κ2) is 5.05. The van der Waals surface area contributed by atoms with Crippen LogP contribution < -0.4 is 5.73 Å². The number of rotatable bonds is 3. The molecule has 7 heteroatoms. The quantitative estimate of drug-likeness (QED) is 0.816. The molecule has 0 amide bonds. The van der Waals surface area contributed by atoms with Crippen LogP contribution in [0.2, 0.25) is 5.02 Å². The van der Waals surface area contributed by atoms with E-state index in [-0.39, 0.29) is 22.6 Å². The van der Waals surface area contributed by atoms with Gasteiger partial charge in [-0.25, -0.2) is 8.42 Å². The van der Waals surface area contributed by atoms with Crippen molar-refractivity contribution in [3.05, 3.63) is 23.2 Å². The van der Waals surface area contributed by atoms with E-state index in [2.05, 4.69) is 0 Å². The zero-order valence-corrected chi connectivity index (χ0v) is 11.3. The number of nitrogen functional groups attached to an aromatic ring is 1. The fourth-order valence-corrected chi connectivity index (χ4v) is 4.37. The van der Waals surface area contributed by atoms with Crippen LogP contribution in [0.25, 0.3) is 0 Å². The van der Waals surface area contributed by atoms with Gasteiger partial charge in [-0.3, -0.25) is 0 Å². The number of nitrogens with zero attached hydrogens (tertiary/aromatic N) is 1. The highest BCUT2D eigenvalue weighted by atomic mass is 35.5. The third-order valence-corrected chi connectivity index (χ3v) is 5.51. The molecule has 0 radical (unpaired) electrons. The highest BCUT2D eigenvalue weighted by Gasteiger charge is 2.35. The van der Waals surface area contributed by atoms with Gasteiger partial charge in [0, 0.05) is 18.3 Å². The smallest absolute Gasteiger partial charge is 0.244 e. The molecule has 1 unspecified atom stereocenters. The van der Waals surface area contributed by atoms with Crippen molar-refractivity contribution >= 4 is 27.3 Å². The Morgan fingerprint density at radius 2 is 2.22 bits per heavy atom. The van der Waals surface area contributed by atoms with Gasteiger partial charge in [-0.05, 0) is 31.0 Å². The summed E-state index contributed by atoms with van der Waals surface area (Å²) in [5.41, 5.74) is 5.96. The van der Waals surface area contributed by atoms with Crippen molar-refractivity contribution in [1.82, 2.24) is 4.31 Å². The first-order chi connectivity index (χ1) is 8.46. The van der Waals surface area contributed by atoms with E-state index in [0.29, 0.717) is 18.7 Å². The van der Waals surface area contributed by atoms with E-state index in [1.807, 2.05) is 0 Å². The maximum absolute atomic E-state index is 12.4. The topological polar surface area (TPSA) is 83.6 Å². The minimum Gasteiger partial charge on any atom is -0.399 e. The highest BCUT2D eigenvalue weighted by Crippen LogP contribution is 2.30. The Bertz CT molecular complexity index is 547. The van der Waals surface area contributed by atoms with Gasteiger partial charge in [0.2, 0.25) is 10.0 Å². The Morgan fingerprint density at radius 1 is 1.50 bits per heavy atom. The summed E-state index contributed by atoms with van der Waals surface area (Å²) in [5.74, 6) is 0. The van der Waals surface area contributed by atoms with Crippen LogP contribution in [0.1, 0.15) is 12.8 Å². The molecule has 18 heavy (non-hydrogen) atoms.